The number of rotatable bonds is 1. The van der Waals surface area contributed by atoms with E-state index >= 15 is 0 Å². The minimum absolute atomic E-state index is 0.0509. The van der Waals surface area contributed by atoms with Gasteiger partial charge in [0.05, 0.1) is 16.7 Å². The first-order chi connectivity index (χ1) is 11.5. The molecule has 2 aliphatic heterocycles. The van der Waals surface area contributed by atoms with E-state index in [1.54, 1.807) is 24.3 Å². The topological polar surface area (TPSA) is 107 Å². The molecule has 0 saturated carbocycles. The summed E-state index contributed by atoms with van der Waals surface area (Å²) in [4.78, 5) is 43.3. The lowest BCUT2D eigenvalue weighted by molar-refractivity contribution is -0.132. The van der Waals surface area contributed by atoms with Crippen molar-refractivity contribution in [2.24, 2.45) is 0 Å². The van der Waals surface area contributed by atoms with Gasteiger partial charge in [0.2, 0.25) is 0 Å². The second-order valence-corrected chi connectivity index (χ2v) is 4.82. The van der Waals surface area contributed by atoms with Crippen molar-refractivity contribution in [3.05, 3.63) is 59.2 Å². The number of carbonyl (C=O) groups is 4. The van der Waals surface area contributed by atoms with Crippen molar-refractivity contribution < 1.29 is 33.8 Å². The van der Waals surface area contributed by atoms with Crippen molar-refractivity contribution in [1.29, 1.82) is 0 Å². The summed E-state index contributed by atoms with van der Waals surface area (Å²) in [6, 6.07) is 6.18. The van der Waals surface area contributed by atoms with Crippen LogP contribution >= 0.6 is 0 Å². The highest BCUT2D eigenvalue weighted by atomic mass is 16.6. The van der Waals surface area contributed by atoms with Crippen LogP contribution in [0.4, 0.5) is 0 Å². The molecule has 1 aliphatic carbocycles. The van der Waals surface area contributed by atoms with Crippen molar-refractivity contribution in [3.63, 3.8) is 0 Å². The van der Waals surface area contributed by atoms with Crippen LogP contribution in [0.15, 0.2) is 48.1 Å². The van der Waals surface area contributed by atoms with Gasteiger partial charge >= 0.3 is 17.9 Å². The molecule has 0 aromatic heterocycles. The molecule has 7 heteroatoms. The standard InChI is InChI=1S/C10H8O4.C7H6O3/c11-9-7-1-2-8(4-3-7)10(12)14-6-5-13-9;8-6-3-1-5(2-4-6)7(9)10/h1-4H,5-6H2;1-3H,4H2,(H,9,10). The third-order valence-corrected chi connectivity index (χ3v) is 3.12. The second-order valence-electron chi connectivity index (χ2n) is 4.82. The number of ether oxygens (including phenoxy) is 2. The molecule has 4 rings (SSSR count). The fourth-order valence-corrected chi connectivity index (χ4v) is 1.87. The Balaban J connectivity index is 0.000000185. The van der Waals surface area contributed by atoms with Crippen molar-refractivity contribution in [2.75, 3.05) is 13.2 Å². The normalized spacial score (nSPS) is 16.3. The van der Waals surface area contributed by atoms with Crippen LogP contribution < -0.4 is 0 Å². The number of allylic oxidation sites excluding steroid dienone is 2. The van der Waals surface area contributed by atoms with Gasteiger partial charge < -0.3 is 14.6 Å². The van der Waals surface area contributed by atoms with Crippen LogP contribution in [0.2, 0.25) is 0 Å². The van der Waals surface area contributed by atoms with E-state index in [1.807, 2.05) is 0 Å². The number of ketones is 1. The van der Waals surface area contributed by atoms with Crippen molar-refractivity contribution in [1.82, 2.24) is 0 Å². The number of hydrogen-bond donors (Lipinski definition) is 1. The van der Waals surface area contributed by atoms with Crippen LogP contribution in [0.25, 0.3) is 0 Å². The SMILES string of the molecule is O=C1C=CC(C(=O)O)=CC1.O=C1OCCOC(=O)c2ccc1cc2. The van der Waals surface area contributed by atoms with E-state index in [1.165, 1.54) is 18.2 Å². The third kappa shape index (κ3) is 4.64. The zero-order valence-corrected chi connectivity index (χ0v) is 12.6. The minimum atomic E-state index is -0.983. The molecule has 1 aromatic rings. The number of benzene rings is 1. The average molecular weight is 330 g/mol. The number of carboxylic acid groups (broad SMARTS) is 1. The number of fused-ring (bicyclic) bond motifs is 7. The van der Waals surface area contributed by atoms with Gasteiger partial charge in [0.1, 0.15) is 13.2 Å². The Labute approximate surface area is 137 Å². The Hall–Kier alpha value is -3.22. The van der Waals surface area contributed by atoms with E-state index in [9.17, 15) is 19.2 Å². The highest BCUT2D eigenvalue weighted by Crippen LogP contribution is 2.09. The van der Waals surface area contributed by atoms with Crippen LogP contribution in [0, 0.1) is 0 Å². The number of aliphatic carboxylic acids is 1. The van der Waals surface area contributed by atoms with Crippen LogP contribution in [-0.4, -0.2) is 42.0 Å². The molecule has 0 amide bonds. The monoisotopic (exact) mass is 330 g/mol. The first-order valence-electron chi connectivity index (χ1n) is 7.06. The Morgan fingerprint density at radius 2 is 1.38 bits per heavy atom. The molecule has 7 nitrogen and oxygen atoms in total. The summed E-state index contributed by atoms with van der Waals surface area (Å²) in [7, 11) is 0. The highest BCUT2D eigenvalue weighted by Gasteiger charge is 2.13. The van der Waals surface area contributed by atoms with Crippen LogP contribution in [0.3, 0.4) is 0 Å². The van der Waals surface area contributed by atoms with Crippen LogP contribution in [0.5, 0.6) is 0 Å². The summed E-state index contributed by atoms with van der Waals surface area (Å²) in [5.74, 6) is -1.82. The van der Waals surface area contributed by atoms with Gasteiger partial charge in [-0.25, -0.2) is 14.4 Å². The van der Waals surface area contributed by atoms with Gasteiger partial charge in [-0.1, -0.05) is 6.08 Å². The first-order valence-corrected chi connectivity index (χ1v) is 7.06. The first kappa shape index (κ1) is 17.1. The molecule has 2 heterocycles. The van der Waals surface area contributed by atoms with Gasteiger partial charge in [0.25, 0.3) is 0 Å². The average Bonchev–Trinajstić information content (AvgIpc) is 2.59. The summed E-state index contributed by atoms with van der Waals surface area (Å²) in [5.41, 5.74) is 1.09. The Bertz CT molecular complexity index is 689. The predicted octanol–water partition coefficient (Wildman–Crippen LogP) is 1.54. The Kier molecular flexibility index (Phi) is 5.62. The molecule has 1 aromatic carbocycles. The Morgan fingerprint density at radius 1 is 0.875 bits per heavy atom. The Morgan fingerprint density at radius 3 is 1.75 bits per heavy atom. The lowest BCUT2D eigenvalue weighted by Gasteiger charge is -2.09. The summed E-state index contributed by atoms with van der Waals surface area (Å²) in [6.07, 6.45) is 4.21. The molecule has 0 atom stereocenters. The molecule has 3 aliphatic rings. The summed E-state index contributed by atoms with van der Waals surface area (Å²) >= 11 is 0. The van der Waals surface area contributed by atoms with E-state index in [-0.39, 0.29) is 31.0 Å². The smallest absolute Gasteiger partial charge is 0.338 e. The number of carbonyl (C=O) groups excluding carboxylic acids is 3. The van der Waals surface area contributed by atoms with E-state index < -0.39 is 17.9 Å². The highest BCUT2D eigenvalue weighted by molar-refractivity contribution is 5.99. The van der Waals surface area contributed by atoms with Gasteiger partial charge in [-0.2, -0.15) is 0 Å². The van der Waals surface area contributed by atoms with Gasteiger partial charge in [-0.3, -0.25) is 4.79 Å². The molecule has 0 unspecified atom stereocenters. The lowest BCUT2D eigenvalue weighted by Crippen LogP contribution is -2.16. The fraction of sp³-hybridized carbons (Fsp3) is 0.176. The zero-order valence-electron chi connectivity index (χ0n) is 12.6. The third-order valence-electron chi connectivity index (χ3n) is 3.12. The van der Waals surface area contributed by atoms with Crippen LogP contribution in [0.1, 0.15) is 27.1 Å². The molecule has 0 radical (unpaired) electrons. The predicted molar refractivity (Wildman–Crippen MR) is 81.5 cm³/mol. The zero-order chi connectivity index (χ0) is 17.5. The van der Waals surface area contributed by atoms with Crippen LogP contribution in [-0.2, 0) is 19.1 Å². The van der Waals surface area contributed by atoms with E-state index in [0.29, 0.717) is 11.1 Å². The lowest BCUT2D eigenvalue weighted by atomic mass is 10.1. The molecule has 1 N–H and O–H groups in total. The van der Waals surface area contributed by atoms with E-state index in [4.69, 9.17) is 14.6 Å². The molecule has 24 heavy (non-hydrogen) atoms. The molecular formula is C17H14O7. The maximum Gasteiger partial charge on any atom is 0.338 e. The molecular weight excluding hydrogens is 316 g/mol. The van der Waals surface area contributed by atoms with Crippen molar-refractivity contribution >= 4 is 23.7 Å². The fourth-order valence-electron chi connectivity index (χ4n) is 1.87. The second kappa shape index (κ2) is 7.87. The van der Waals surface area contributed by atoms with Gasteiger partial charge in [-0.05, 0) is 36.4 Å². The van der Waals surface area contributed by atoms with Gasteiger partial charge in [0.15, 0.2) is 5.78 Å². The molecule has 0 spiro atoms. The number of esters is 2. The molecule has 2 bridgehead atoms. The number of carboxylic acids is 1. The molecule has 0 fully saturated rings. The largest absolute Gasteiger partial charge is 0.478 e. The minimum Gasteiger partial charge on any atom is -0.478 e. The summed E-state index contributed by atoms with van der Waals surface area (Å²) < 4.78 is 9.66. The molecule has 0 saturated heterocycles. The van der Waals surface area contributed by atoms with Crippen molar-refractivity contribution in [2.45, 2.75) is 6.42 Å². The summed E-state index contributed by atoms with van der Waals surface area (Å²) in [6.45, 7) is 0.200. The maximum absolute atomic E-state index is 11.3. The van der Waals surface area contributed by atoms with Gasteiger partial charge in [-0.15, -0.1) is 0 Å². The van der Waals surface area contributed by atoms with E-state index in [0.717, 1.165) is 0 Å². The van der Waals surface area contributed by atoms with Crippen molar-refractivity contribution in [3.8, 4) is 0 Å². The maximum atomic E-state index is 11.3. The quantitative estimate of drug-likeness (QED) is 0.778. The summed E-state index contributed by atoms with van der Waals surface area (Å²) in [5, 5.41) is 8.39. The van der Waals surface area contributed by atoms with E-state index in [2.05, 4.69) is 0 Å². The molecule has 124 valence electrons. The van der Waals surface area contributed by atoms with Gasteiger partial charge in [0, 0.05) is 6.42 Å². The number of hydrogen-bond acceptors (Lipinski definition) is 6.